The van der Waals surface area contributed by atoms with Crippen LogP contribution in [0.3, 0.4) is 0 Å². The van der Waals surface area contributed by atoms with Gasteiger partial charge < -0.3 is 15.0 Å². The number of carbonyl (C=O) groups excluding carboxylic acids is 1. The van der Waals surface area contributed by atoms with Gasteiger partial charge in [-0.15, -0.1) is 0 Å². The number of rotatable bonds is 6. The molecule has 0 unspecified atom stereocenters. The van der Waals surface area contributed by atoms with Crippen molar-refractivity contribution >= 4 is 21.5 Å². The third-order valence-corrected chi connectivity index (χ3v) is 4.37. The largest absolute Gasteiger partial charge is 0.460 e. The first kappa shape index (κ1) is 15.6. The van der Waals surface area contributed by atoms with E-state index in [4.69, 9.17) is 10.5 Å². The smallest absolute Gasteiger partial charge is 0.355 e. The molecule has 0 aromatic carbocycles. The van der Waals surface area contributed by atoms with Crippen LogP contribution in [0.15, 0.2) is 12.3 Å². The molecule has 0 bridgehead atoms. The van der Waals surface area contributed by atoms with Gasteiger partial charge >= 0.3 is 5.97 Å². The molecule has 0 saturated heterocycles. The van der Waals surface area contributed by atoms with Crippen LogP contribution in [-0.4, -0.2) is 37.1 Å². The van der Waals surface area contributed by atoms with Gasteiger partial charge in [0.2, 0.25) is 0 Å². The molecule has 0 fully saturated rings. The van der Waals surface area contributed by atoms with Gasteiger partial charge in [-0.25, -0.2) is 13.2 Å². The lowest BCUT2D eigenvalue weighted by Gasteiger charge is -2.12. The molecule has 0 atom stereocenters. The molecule has 6 nitrogen and oxygen atoms in total. The Hall–Kier alpha value is -1.50. The van der Waals surface area contributed by atoms with E-state index in [0.717, 1.165) is 0 Å². The zero-order valence-electron chi connectivity index (χ0n) is 11.4. The summed E-state index contributed by atoms with van der Waals surface area (Å²) in [6.07, 6.45) is 1.66. The Morgan fingerprint density at radius 2 is 2.11 bits per heavy atom. The highest BCUT2D eigenvalue weighted by Gasteiger charge is 2.17. The van der Waals surface area contributed by atoms with Crippen LogP contribution in [0.2, 0.25) is 0 Å². The van der Waals surface area contributed by atoms with E-state index in [1.54, 1.807) is 17.7 Å². The molecule has 0 aliphatic heterocycles. The van der Waals surface area contributed by atoms with E-state index in [-0.39, 0.29) is 24.2 Å². The first-order valence-electron chi connectivity index (χ1n) is 6.11. The van der Waals surface area contributed by atoms with Crippen molar-refractivity contribution in [2.75, 3.05) is 23.8 Å². The molecule has 1 aromatic heterocycles. The van der Waals surface area contributed by atoms with Gasteiger partial charge in [0.25, 0.3) is 0 Å². The van der Waals surface area contributed by atoms with Gasteiger partial charge in [-0.2, -0.15) is 0 Å². The first-order chi connectivity index (χ1) is 8.76. The zero-order chi connectivity index (χ0) is 14.6. The summed E-state index contributed by atoms with van der Waals surface area (Å²) in [6.45, 7) is 5.25. The summed E-state index contributed by atoms with van der Waals surface area (Å²) in [6, 6.07) is 1.59. The van der Waals surface area contributed by atoms with Crippen LogP contribution in [0, 0.1) is 0 Å². The van der Waals surface area contributed by atoms with E-state index in [2.05, 4.69) is 0 Å². The number of anilines is 1. The molecule has 19 heavy (non-hydrogen) atoms. The van der Waals surface area contributed by atoms with Crippen molar-refractivity contribution in [1.29, 1.82) is 0 Å². The average Bonchev–Trinajstić information content (AvgIpc) is 2.71. The molecule has 2 N–H and O–H groups in total. The quantitative estimate of drug-likeness (QED) is 0.795. The van der Waals surface area contributed by atoms with Crippen molar-refractivity contribution < 1.29 is 17.9 Å². The summed E-state index contributed by atoms with van der Waals surface area (Å²) in [4.78, 5) is 11.9. The van der Waals surface area contributed by atoms with E-state index in [0.29, 0.717) is 11.4 Å². The third kappa shape index (κ3) is 4.27. The van der Waals surface area contributed by atoms with Crippen LogP contribution in [-0.2, 0) is 14.6 Å². The number of esters is 1. The molecular weight excluding hydrogens is 268 g/mol. The van der Waals surface area contributed by atoms with Crippen LogP contribution < -0.4 is 5.73 Å². The van der Waals surface area contributed by atoms with Gasteiger partial charge in [0.15, 0.2) is 9.84 Å². The predicted molar refractivity (Wildman–Crippen MR) is 73.8 cm³/mol. The topological polar surface area (TPSA) is 91.4 Å². The molecule has 0 radical (unpaired) electrons. The number of hydrogen-bond acceptors (Lipinski definition) is 5. The normalized spacial score (nSPS) is 11.8. The first-order valence-corrected chi connectivity index (χ1v) is 7.94. The highest BCUT2D eigenvalue weighted by atomic mass is 32.2. The van der Waals surface area contributed by atoms with E-state index in [1.807, 2.05) is 13.8 Å². The summed E-state index contributed by atoms with van der Waals surface area (Å²) < 4.78 is 29.2. The Balaban J connectivity index is 2.69. The van der Waals surface area contributed by atoms with Crippen molar-refractivity contribution in [3.8, 4) is 0 Å². The van der Waals surface area contributed by atoms with Crippen LogP contribution >= 0.6 is 0 Å². The van der Waals surface area contributed by atoms with Crippen molar-refractivity contribution in [1.82, 2.24) is 4.57 Å². The molecule has 1 aromatic rings. The number of aromatic nitrogens is 1. The summed E-state index contributed by atoms with van der Waals surface area (Å²) >= 11 is 0. The van der Waals surface area contributed by atoms with Crippen LogP contribution in [0.4, 0.5) is 5.69 Å². The highest BCUT2D eigenvalue weighted by molar-refractivity contribution is 7.91. The Morgan fingerprint density at radius 3 is 2.63 bits per heavy atom. The second-order valence-electron chi connectivity index (χ2n) is 4.53. The Kier molecular flexibility index (Phi) is 4.99. The molecule has 1 rings (SSSR count). The van der Waals surface area contributed by atoms with Crippen molar-refractivity contribution in [2.24, 2.45) is 0 Å². The minimum absolute atomic E-state index is 0.0415. The summed E-state index contributed by atoms with van der Waals surface area (Å²) in [5.41, 5.74) is 6.46. The summed E-state index contributed by atoms with van der Waals surface area (Å²) in [7, 11) is -3.13. The third-order valence-electron chi connectivity index (χ3n) is 2.70. The average molecular weight is 288 g/mol. The molecule has 1 heterocycles. The SMILES string of the molecule is CCS(=O)(=O)CCOC(=O)c1cc(N)cn1C(C)C. The fourth-order valence-corrected chi connectivity index (χ4v) is 2.20. The molecule has 0 saturated carbocycles. The second kappa shape index (κ2) is 6.10. The maximum Gasteiger partial charge on any atom is 0.355 e. The summed E-state index contributed by atoms with van der Waals surface area (Å²) in [5.74, 6) is -0.677. The second-order valence-corrected chi connectivity index (χ2v) is 7.00. The Labute approximate surface area is 113 Å². The van der Waals surface area contributed by atoms with E-state index in [1.165, 1.54) is 6.07 Å². The minimum Gasteiger partial charge on any atom is -0.460 e. The Bertz CT molecular complexity index is 546. The summed E-state index contributed by atoms with van der Waals surface area (Å²) in [5, 5.41) is 0. The highest BCUT2D eigenvalue weighted by Crippen LogP contribution is 2.17. The van der Waals surface area contributed by atoms with Gasteiger partial charge in [-0.3, -0.25) is 0 Å². The lowest BCUT2D eigenvalue weighted by Crippen LogP contribution is -2.19. The lowest BCUT2D eigenvalue weighted by molar-refractivity contribution is 0.0515. The Morgan fingerprint density at radius 1 is 1.47 bits per heavy atom. The fraction of sp³-hybridized carbons (Fsp3) is 0.583. The van der Waals surface area contributed by atoms with Crippen LogP contribution in [0.25, 0.3) is 0 Å². The lowest BCUT2D eigenvalue weighted by atomic mass is 10.3. The number of hydrogen-bond donors (Lipinski definition) is 1. The molecule has 0 aliphatic carbocycles. The van der Waals surface area contributed by atoms with Gasteiger partial charge in [0, 0.05) is 18.0 Å². The number of ether oxygens (including phenoxy) is 1. The number of sulfone groups is 1. The predicted octanol–water partition coefficient (Wildman–Crippen LogP) is 1.24. The molecule has 7 heteroatoms. The molecule has 0 spiro atoms. The van der Waals surface area contributed by atoms with Crippen molar-refractivity contribution in [3.05, 3.63) is 18.0 Å². The minimum atomic E-state index is -3.13. The number of carbonyl (C=O) groups is 1. The van der Waals surface area contributed by atoms with E-state index < -0.39 is 15.8 Å². The number of nitrogens with two attached hydrogens (primary N) is 1. The van der Waals surface area contributed by atoms with Gasteiger partial charge in [0.1, 0.15) is 12.3 Å². The molecular formula is C12H20N2O4S. The van der Waals surface area contributed by atoms with Crippen molar-refractivity contribution in [3.63, 3.8) is 0 Å². The van der Waals surface area contributed by atoms with E-state index >= 15 is 0 Å². The molecule has 108 valence electrons. The van der Waals surface area contributed by atoms with Crippen LogP contribution in [0.5, 0.6) is 0 Å². The van der Waals surface area contributed by atoms with Crippen LogP contribution in [0.1, 0.15) is 37.3 Å². The maximum absolute atomic E-state index is 11.9. The maximum atomic E-state index is 11.9. The molecule has 0 amide bonds. The zero-order valence-corrected chi connectivity index (χ0v) is 12.2. The fourth-order valence-electron chi connectivity index (χ4n) is 1.57. The standard InChI is InChI=1S/C12H20N2O4S/c1-4-19(16,17)6-5-18-12(15)11-7-10(13)8-14(11)9(2)3/h7-9H,4-6,13H2,1-3H3. The molecule has 0 aliphatic rings. The van der Waals surface area contributed by atoms with Gasteiger partial charge in [-0.1, -0.05) is 6.92 Å². The monoisotopic (exact) mass is 288 g/mol. The van der Waals surface area contributed by atoms with Gasteiger partial charge in [-0.05, 0) is 19.9 Å². The van der Waals surface area contributed by atoms with Gasteiger partial charge in [0.05, 0.1) is 11.4 Å². The number of nitrogen functional groups attached to an aromatic ring is 1. The number of nitrogens with zero attached hydrogens (tertiary/aromatic N) is 1. The van der Waals surface area contributed by atoms with Crippen molar-refractivity contribution in [2.45, 2.75) is 26.8 Å². The van der Waals surface area contributed by atoms with E-state index in [9.17, 15) is 13.2 Å².